The van der Waals surface area contributed by atoms with Gasteiger partial charge in [0.1, 0.15) is 34.8 Å². The van der Waals surface area contributed by atoms with Crippen LogP contribution in [-0.2, 0) is 15.9 Å². The summed E-state index contributed by atoms with van der Waals surface area (Å²) in [5.41, 5.74) is 1.20. The monoisotopic (exact) mass is 519 g/mol. The second kappa shape index (κ2) is 11.0. The molecule has 2 aromatic heterocycles. The number of thiol groups is 1. The van der Waals surface area contributed by atoms with Crippen molar-refractivity contribution in [1.82, 2.24) is 9.97 Å². The minimum atomic E-state index is -3.10. The first-order valence-corrected chi connectivity index (χ1v) is 13.7. The number of nitrogens with zero attached hydrogens (tertiary/aromatic N) is 3. The van der Waals surface area contributed by atoms with Crippen LogP contribution < -0.4 is 15.4 Å². The minimum absolute atomic E-state index is 0.0313. The van der Waals surface area contributed by atoms with Crippen LogP contribution in [0.25, 0.3) is 11.1 Å². The van der Waals surface area contributed by atoms with E-state index in [0.29, 0.717) is 42.3 Å². The van der Waals surface area contributed by atoms with Crippen molar-refractivity contribution >= 4 is 33.7 Å². The van der Waals surface area contributed by atoms with Crippen LogP contribution in [0.5, 0.6) is 5.75 Å². The van der Waals surface area contributed by atoms with Crippen LogP contribution in [0.3, 0.4) is 0 Å². The molecule has 0 spiro atoms. The fourth-order valence-electron chi connectivity index (χ4n) is 3.88. The number of amides is 1. The summed E-state index contributed by atoms with van der Waals surface area (Å²) < 4.78 is 48.5. The van der Waals surface area contributed by atoms with Crippen molar-refractivity contribution in [3.63, 3.8) is 0 Å². The van der Waals surface area contributed by atoms with Gasteiger partial charge in [-0.15, -0.1) is 0 Å². The molecule has 36 heavy (non-hydrogen) atoms. The van der Waals surface area contributed by atoms with Crippen LogP contribution in [0.1, 0.15) is 24.8 Å². The van der Waals surface area contributed by atoms with Gasteiger partial charge in [-0.25, -0.2) is 23.5 Å². The first-order chi connectivity index (χ1) is 17.2. The van der Waals surface area contributed by atoms with E-state index < -0.39 is 27.8 Å². The molecule has 1 aliphatic rings. The third-order valence-electron chi connectivity index (χ3n) is 5.40. The van der Waals surface area contributed by atoms with Crippen LogP contribution in [0.4, 0.5) is 31.0 Å². The molecule has 0 atom stereocenters. The van der Waals surface area contributed by atoms with E-state index in [-0.39, 0.29) is 22.9 Å². The molecule has 3 heterocycles. The van der Waals surface area contributed by atoms with Crippen molar-refractivity contribution < 1.29 is 28.0 Å². The first kappa shape index (κ1) is 25.5. The van der Waals surface area contributed by atoms with E-state index in [2.05, 4.69) is 25.0 Å². The lowest BCUT2D eigenvalue weighted by Gasteiger charge is -2.19. The molecule has 1 amide bonds. The summed E-state index contributed by atoms with van der Waals surface area (Å²) in [5.74, 6) is 0.354. The van der Waals surface area contributed by atoms with Crippen LogP contribution in [0.2, 0.25) is 0 Å². The highest BCUT2D eigenvalue weighted by atomic mass is 32.3. The van der Waals surface area contributed by atoms with E-state index in [1.165, 1.54) is 30.5 Å². The van der Waals surface area contributed by atoms with E-state index in [0.717, 1.165) is 19.0 Å². The molecule has 1 aliphatic heterocycles. The van der Waals surface area contributed by atoms with Crippen LogP contribution in [0, 0.1) is 11.6 Å². The van der Waals surface area contributed by atoms with E-state index in [4.69, 9.17) is 9.84 Å². The number of carboxylic acid groups (broad SMARTS) is 1. The van der Waals surface area contributed by atoms with E-state index in [1.807, 2.05) is 0 Å². The molecule has 0 radical (unpaired) electrons. The predicted octanol–water partition coefficient (Wildman–Crippen LogP) is 5.49. The zero-order valence-corrected chi connectivity index (χ0v) is 20.4. The van der Waals surface area contributed by atoms with Gasteiger partial charge in [-0.2, -0.15) is 4.36 Å². The zero-order valence-electron chi connectivity index (χ0n) is 19.5. The molecule has 4 rings (SSSR count). The van der Waals surface area contributed by atoms with Crippen molar-refractivity contribution in [3.05, 3.63) is 59.8 Å². The molecule has 3 aromatic rings. The fourth-order valence-corrected chi connectivity index (χ4v) is 5.20. The van der Waals surface area contributed by atoms with Crippen molar-refractivity contribution in [2.24, 2.45) is 4.36 Å². The van der Waals surface area contributed by atoms with E-state index in [9.17, 15) is 18.1 Å². The molecule has 0 fully saturated rings. The van der Waals surface area contributed by atoms with Gasteiger partial charge in [-0.1, -0.05) is 10.1 Å². The number of benzene rings is 1. The summed E-state index contributed by atoms with van der Waals surface area (Å²) in [5, 5.41) is 15.3. The SMILES string of the molecule is C[SH](O)(Cc1cc2nc(c1)Nc1cc(c(F)cn1)-c1ccc(F)cc1OCCCCCN2)=NC(=O)O. The standard InChI is InChI=1S/C24H27F2N5O4S/c1-36(34,31-24(32)33)14-15-9-21-27-7-3-2-4-8-35-20-11-16(25)5-6-17(20)18-12-22(28-13-19(18)26)30-23(10-15)29-21/h5-6,9-13,36H,2-4,7-8,14H2,1H3,(H,31,34)(H,32,33)(H2,27,28,29,30). The third kappa shape index (κ3) is 6.73. The highest BCUT2D eigenvalue weighted by molar-refractivity contribution is 7.98. The molecule has 4 bridgehead atoms. The molecule has 0 saturated heterocycles. The quantitative estimate of drug-likeness (QED) is 0.281. The lowest BCUT2D eigenvalue weighted by molar-refractivity contribution is 0.206. The van der Waals surface area contributed by atoms with E-state index >= 15 is 0 Å². The highest BCUT2D eigenvalue weighted by Gasteiger charge is 2.16. The van der Waals surface area contributed by atoms with Gasteiger partial charge >= 0.3 is 6.09 Å². The van der Waals surface area contributed by atoms with E-state index in [1.54, 1.807) is 12.1 Å². The Bertz CT molecular complexity index is 1330. The number of anilines is 3. The Balaban J connectivity index is 1.75. The smallest absolute Gasteiger partial charge is 0.437 e. The van der Waals surface area contributed by atoms with Crippen LogP contribution in [-0.4, -0.2) is 45.1 Å². The van der Waals surface area contributed by atoms with Gasteiger partial charge in [0.15, 0.2) is 0 Å². The van der Waals surface area contributed by atoms with Crippen LogP contribution >= 0.6 is 0 Å². The number of fused-ring (bicyclic) bond motifs is 6. The van der Waals surface area contributed by atoms with Crippen molar-refractivity contribution in [2.75, 3.05) is 30.0 Å². The number of halogens is 2. The van der Waals surface area contributed by atoms with Crippen LogP contribution in [0.15, 0.2) is 47.0 Å². The Morgan fingerprint density at radius 2 is 1.92 bits per heavy atom. The van der Waals surface area contributed by atoms with Gasteiger partial charge in [-0.05, 0) is 61.4 Å². The molecule has 0 saturated carbocycles. The maximum atomic E-state index is 14.8. The van der Waals surface area contributed by atoms with Crippen molar-refractivity contribution in [3.8, 4) is 16.9 Å². The summed E-state index contributed by atoms with van der Waals surface area (Å²) in [6.45, 7) is 0.961. The second-order valence-corrected chi connectivity index (χ2v) is 11.2. The first-order valence-electron chi connectivity index (χ1n) is 11.3. The van der Waals surface area contributed by atoms with Gasteiger partial charge in [-0.3, -0.25) is 0 Å². The number of rotatable bonds is 2. The molecule has 4 N–H and O–H groups in total. The Kier molecular flexibility index (Phi) is 7.75. The average molecular weight is 520 g/mol. The minimum Gasteiger partial charge on any atom is -0.493 e. The second-order valence-electron chi connectivity index (χ2n) is 8.53. The summed E-state index contributed by atoms with van der Waals surface area (Å²) in [6, 6.07) is 8.81. The van der Waals surface area contributed by atoms with Gasteiger partial charge in [0.2, 0.25) is 0 Å². The number of ether oxygens (including phenoxy) is 1. The third-order valence-corrected chi connectivity index (χ3v) is 6.96. The predicted molar refractivity (Wildman–Crippen MR) is 136 cm³/mol. The van der Waals surface area contributed by atoms with Crippen molar-refractivity contribution in [1.29, 1.82) is 0 Å². The summed E-state index contributed by atoms with van der Waals surface area (Å²) in [6.07, 6.45) is 3.39. The van der Waals surface area contributed by atoms with Gasteiger partial charge in [0, 0.05) is 29.5 Å². The number of hydrogen-bond acceptors (Lipinski definition) is 6. The lowest BCUT2D eigenvalue weighted by atomic mass is 10.0. The molecular weight excluding hydrogens is 492 g/mol. The molecule has 192 valence electrons. The average Bonchev–Trinajstić information content (AvgIpc) is 2.78. The number of hydrogen-bond donors (Lipinski definition) is 5. The highest BCUT2D eigenvalue weighted by Crippen LogP contribution is 2.34. The number of nitrogens with one attached hydrogen (secondary N) is 2. The van der Waals surface area contributed by atoms with Gasteiger partial charge in [0.25, 0.3) is 0 Å². The normalized spacial score (nSPS) is 14.4. The Hall–Kier alpha value is -3.64. The molecule has 1 aromatic carbocycles. The van der Waals surface area contributed by atoms with Gasteiger partial charge in [0.05, 0.1) is 12.8 Å². The maximum absolute atomic E-state index is 14.8. The van der Waals surface area contributed by atoms with Gasteiger partial charge < -0.3 is 25.0 Å². The largest absolute Gasteiger partial charge is 0.493 e. The number of pyridine rings is 2. The lowest BCUT2D eigenvalue weighted by Crippen LogP contribution is -2.14. The Morgan fingerprint density at radius 3 is 2.72 bits per heavy atom. The topological polar surface area (TPSA) is 129 Å². The summed E-state index contributed by atoms with van der Waals surface area (Å²) >= 11 is 0. The molecule has 9 nitrogen and oxygen atoms in total. The number of carbonyl (C=O) groups is 1. The molecule has 0 unspecified atom stereocenters. The molecule has 12 heteroatoms. The summed E-state index contributed by atoms with van der Waals surface area (Å²) in [4.78, 5) is 19.6. The molecular formula is C24H27F2N5O4S. The zero-order chi connectivity index (χ0) is 25.7. The Morgan fingerprint density at radius 1 is 1.11 bits per heavy atom. The molecule has 0 aliphatic carbocycles. The summed E-state index contributed by atoms with van der Waals surface area (Å²) in [7, 11) is -3.10. The maximum Gasteiger partial charge on any atom is 0.437 e. The Labute approximate surface area is 207 Å². The number of aromatic nitrogens is 2. The van der Waals surface area contributed by atoms with Crippen molar-refractivity contribution in [2.45, 2.75) is 25.0 Å². The fraction of sp³-hybridized carbons (Fsp3) is 0.292.